The van der Waals surface area contributed by atoms with Gasteiger partial charge in [0.15, 0.2) is 0 Å². The number of benzene rings is 5. The molecule has 0 fully saturated rings. The molecular formula is C34H22N2S. The molecule has 0 aliphatic heterocycles. The number of hydrogen-bond donors (Lipinski definition) is 0. The highest BCUT2D eigenvalue weighted by Gasteiger charge is 2.16. The number of thiophene rings is 1. The number of fused-ring (bicyclic) bond motifs is 9. The Balaban J connectivity index is 1.36. The minimum Gasteiger partial charge on any atom is -0.252 e. The molecule has 3 heteroatoms. The van der Waals surface area contributed by atoms with Gasteiger partial charge in [-0.3, -0.25) is 4.98 Å². The fraction of sp³-hybridized carbons (Fsp3) is 0.0588. The molecule has 7 aromatic rings. The van der Waals surface area contributed by atoms with Crippen molar-refractivity contribution in [1.29, 1.82) is 0 Å². The molecule has 2 heterocycles. The number of aryl methyl sites for hydroxylation is 1. The first-order valence-electron chi connectivity index (χ1n) is 12.7. The zero-order valence-electron chi connectivity index (χ0n) is 20.1. The van der Waals surface area contributed by atoms with Gasteiger partial charge in [0.2, 0.25) is 0 Å². The van der Waals surface area contributed by atoms with Gasteiger partial charge in [-0.15, -0.1) is 11.3 Å². The summed E-state index contributed by atoms with van der Waals surface area (Å²) in [5.74, 6) is 0. The lowest BCUT2D eigenvalue weighted by Crippen LogP contribution is -1.94. The van der Waals surface area contributed by atoms with E-state index in [1.54, 1.807) is 0 Å². The van der Waals surface area contributed by atoms with E-state index in [0.29, 0.717) is 0 Å². The van der Waals surface area contributed by atoms with Crippen molar-refractivity contribution in [1.82, 2.24) is 9.97 Å². The van der Waals surface area contributed by atoms with Crippen LogP contribution in [-0.2, 0) is 6.42 Å². The smallest absolute Gasteiger partial charge is 0.0979 e. The van der Waals surface area contributed by atoms with Crippen molar-refractivity contribution in [3.05, 3.63) is 114 Å². The molecule has 0 N–H and O–H groups in total. The Bertz CT molecular complexity index is 2010. The summed E-state index contributed by atoms with van der Waals surface area (Å²) in [5.41, 5.74) is 7.71. The molecular weight excluding hydrogens is 468 g/mol. The van der Waals surface area contributed by atoms with Crippen molar-refractivity contribution in [3.8, 4) is 22.4 Å². The molecule has 0 spiro atoms. The van der Waals surface area contributed by atoms with Crippen molar-refractivity contribution in [2.75, 3.05) is 0 Å². The van der Waals surface area contributed by atoms with Crippen LogP contribution in [0.4, 0.5) is 0 Å². The normalized spacial score (nSPS) is 13.1. The average molecular weight is 491 g/mol. The zero-order chi connectivity index (χ0) is 24.3. The van der Waals surface area contributed by atoms with Gasteiger partial charge >= 0.3 is 0 Å². The lowest BCUT2D eigenvalue weighted by Gasteiger charge is -2.13. The van der Waals surface area contributed by atoms with Crippen LogP contribution in [-0.4, -0.2) is 9.97 Å². The van der Waals surface area contributed by atoms with E-state index in [2.05, 4.69) is 103 Å². The van der Waals surface area contributed by atoms with E-state index in [1.165, 1.54) is 42.4 Å². The maximum atomic E-state index is 5.26. The van der Waals surface area contributed by atoms with Gasteiger partial charge in [-0.1, -0.05) is 91.0 Å². The quantitative estimate of drug-likeness (QED) is 0.226. The predicted molar refractivity (Wildman–Crippen MR) is 158 cm³/mol. The van der Waals surface area contributed by atoms with Crippen molar-refractivity contribution in [3.63, 3.8) is 0 Å². The number of rotatable bonds is 2. The van der Waals surface area contributed by atoms with E-state index < -0.39 is 0 Å². The van der Waals surface area contributed by atoms with Gasteiger partial charge in [-0.2, -0.15) is 0 Å². The number of nitrogens with zero attached hydrogens (tertiary/aromatic N) is 2. The molecule has 0 saturated carbocycles. The molecule has 174 valence electrons. The second-order valence-electron chi connectivity index (χ2n) is 9.68. The van der Waals surface area contributed by atoms with Crippen molar-refractivity contribution >= 4 is 60.1 Å². The predicted octanol–water partition coefficient (Wildman–Crippen LogP) is 9.44. The number of hydrogen-bond acceptors (Lipinski definition) is 3. The van der Waals surface area contributed by atoms with Crippen LogP contribution in [0.25, 0.3) is 71.1 Å². The van der Waals surface area contributed by atoms with E-state index in [-0.39, 0.29) is 0 Å². The Kier molecular flexibility index (Phi) is 4.55. The van der Waals surface area contributed by atoms with Crippen molar-refractivity contribution in [2.24, 2.45) is 0 Å². The van der Waals surface area contributed by atoms with Crippen LogP contribution in [0.15, 0.2) is 103 Å². The number of allylic oxidation sites excluding steroid dienone is 1. The van der Waals surface area contributed by atoms with Gasteiger partial charge in [0.1, 0.15) is 0 Å². The van der Waals surface area contributed by atoms with Crippen LogP contribution in [0.3, 0.4) is 0 Å². The molecule has 0 bridgehead atoms. The van der Waals surface area contributed by atoms with Crippen molar-refractivity contribution in [2.45, 2.75) is 12.8 Å². The standard InChI is InChI=1S/C34H22N2S/c1-4-12-25(22(9-1)21-17-18-32-29(19-21)26-13-7-8-16-31(26)37-32)30-20-35-33-27-14-5-2-10-23(27)24-11-3-6-15-28(24)34(33)36-30/h1-7,9-15,17-20H,8,16H2. The van der Waals surface area contributed by atoms with Crippen LogP contribution < -0.4 is 0 Å². The van der Waals surface area contributed by atoms with Gasteiger partial charge in [0.05, 0.1) is 22.9 Å². The molecule has 0 unspecified atom stereocenters. The minimum atomic E-state index is 0.899. The third-order valence-electron chi connectivity index (χ3n) is 7.57. The van der Waals surface area contributed by atoms with E-state index in [9.17, 15) is 0 Å². The van der Waals surface area contributed by atoms with E-state index in [4.69, 9.17) is 9.97 Å². The van der Waals surface area contributed by atoms with Gasteiger partial charge in [0, 0.05) is 31.3 Å². The second-order valence-corrected chi connectivity index (χ2v) is 10.8. The summed E-state index contributed by atoms with van der Waals surface area (Å²) < 4.78 is 1.36. The van der Waals surface area contributed by atoms with Crippen molar-refractivity contribution < 1.29 is 0 Å². The van der Waals surface area contributed by atoms with Gasteiger partial charge in [0.25, 0.3) is 0 Å². The summed E-state index contributed by atoms with van der Waals surface area (Å²) in [5, 5.41) is 6.07. The maximum absolute atomic E-state index is 5.26. The van der Waals surface area contributed by atoms with E-state index in [1.807, 2.05) is 17.5 Å². The molecule has 2 nitrogen and oxygen atoms in total. The van der Waals surface area contributed by atoms with Crippen LogP contribution >= 0.6 is 11.3 Å². The number of aromatic nitrogens is 2. The summed E-state index contributed by atoms with van der Waals surface area (Å²) in [6.07, 6.45) is 8.83. The van der Waals surface area contributed by atoms with Gasteiger partial charge in [-0.25, -0.2) is 4.98 Å². The van der Waals surface area contributed by atoms with Crippen LogP contribution in [0.5, 0.6) is 0 Å². The molecule has 0 radical (unpaired) electrons. The Labute approximate surface area is 218 Å². The molecule has 0 saturated heterocycles. The Morgan fingerprint density at radius 2 is 1.35 bits per heavy atom. The molecule has 1 aliphatic carbocycles. The molecule has 5 aromatic carbocycles. The molecule has 2 aromatic heterocycles. The molecule has 0 atom stereocenters. The summed E-state index contributed by atoms with van der Waals surface area (Å²) in [6, 6.07) is 32.5. The Morgan fingerprint density at radius 1 is 0.649 bits per heavy atom. The fourth-order valence-electron chi connectivity index (χ4n) is 5.83. The highest BCUT2D eigenvalue weighted by atomic mass is 32.1. The largest absolute Gasteiger partial charge is 0.252 e. The topological polar surface area (TPSA) is 25.8 Å². The Hall–Kier alpha value is -4.34. The monoisotopic (exact) mass is 490 g/mol. The first-order valence-corrected chi connectivity index (χ1v) is 13.5. The lowest BCUT2D eigenvalue weighted by molar-refractivity contribution is 1.02. The summed E-state index contributed by atoms with van der Waals surface area (Å²) in [4.78, 5) is 11.8. The summed E-state index contributed by atoms with van der Waals surface area (Å²) in [6.45, 7) is 0. The minimum absolute atomic E-state index is 0.899. The first kappa shape index (κ1) is 20.8. The third kappa shape index (κ3) is 3.18. The SMILES string of the molecule is C1=Cc2c(sc3ccc(-c4ccccc4-c4cnc5c6ccccc6c6ccccc6c5n4)cc23)CC1. The average Bonchev–Trinajstić information content (AvgIpc) is 3.35. The maximum Gasteiger partial charge on any atom is 0.0979 e. The van der Waals surface area contributed by atoms with Crippen LogP contribution in [0.1, 0.15) is 16.9 Å². The van der Waals surface area contributed by atoms with Gasteiger partial charge < -0.3 is 0 Å². The second kappa shape index (κ2) is 8.09. The van der Waals surface area contributed by atoms with E-state index >= 15 is 0 Å². The zero-order valence-corrected chi connectivity index (χ0v) is 20.9. The summed E-state index contributed by atoms with van der Waals surface area (Å²) >= 11 is 1.93. The van der Waals surface area contributed by atoms with Crippen LogP contribution in [0, 0.1) is 0 Å². The highest BCUT2D eigenvalue weighted by molar-refractivity contribution is 7.19. The van der Waals surface area contributed by atoms with E-state index in [0.717, 1.165) is 45.9 Å². The highest BCUT2D eigenvalue weighted by Crippen LogP contribution is 2.40. The third-order valence-corrected chi connectivity index (χ3v) is 8.81. The molecule has 8 rings (SSSR count). The Morgan fingerprint density at radius 3 is 2.16 bits per heavy atom. The fourth-order valence-corrected chi connectivity index (χ4v) is 7.02. The van der Waals surface area contributed by atoms with Crippen LogP contribution in [0.2, 0.25) is 0 Å². The summed E-state index contributed by atoms with van der Waals surface area (Å²) in [7, 11) is 0. The molecule has 1 aliphatic rings. The van der Waals surface area contributed by atoms with Gasteiger partial charge in [-0.05, 0) is 52.4 Å². The molecule has 0 amide bonds. The lowest BCUT2D eigenvalue weighted by atomic mass is 9.95. The first-order chi connectivity index (χ1) is 18.3. The molecule has 37 heavy (non-hydrogen) atoms.